The van der Waals surface area contributed by atoms with E-state index in [0.29, 0.717) is 9.99 Å². The molecule has 0 radical (unpaired) electrons. The minimum absolute atomic E-state index is 0.197. The van der Waals surface area contributed by atoms with Gasteiger partial charge in [-0.2, -0.15) is 0 Å². The maximum absolute atomic E-state index is 12.3. The predicted molar refractivity (Wildman–Crippen MR) is 78.0 cm³/mol. The number of benzene rings is 1. The molecular formula is C13H16INO3. The summed E-state index contributed by atoms with van der Waals surface area (Å²) in [4.78, 5) is 25.3. The van der Waals surface area contributed by atoms with Crippen LogP contribution in [0.1, 0.15) is 24.2 Å². The van der Waals surface area contributed by atoms with Gasteiger partial charge in [0.25, 0.3) is 5.91 Å². The van der Waals surface area contributed by atoms with Crippen LogP contribution >= 0.6 is 22.6 Å². The minimum atomic E-state index is -0.587. The molecule has 18 heavy (non-hydrogen) atoms. The summed E-state index contributed by atoms with van der Waals surface area (Å²) in [5.41, 5.74) is 0.488. The summed E-state index contributed by atoms with van der Waals surface area (Å²) in [6.45, 7) is 3.80. The van der Waals surface area contributed by atoms with E-state index in [0.717, 1.165) is 0 Å². The van der Waals surface area contributed by atoms with Gasteiger partial charge in [-0.05, 0) is 26.0 Å². The zero-order valence-corrected chi connectivity index (χ0v) is 12.6. The lowest BCUT2D eigenvalue weighted by atomic mass is 10.2. The molecule has 0 heterocycles. The Hall–Kier alpha value is -1.11. The largest absolute Gasteiger partial charge is 0.449 e. The Labute approximate surface area is 120 Å². The van der Waals surface area contributed by atoms with Crippen LogP contribution in [0, 0.1) is 0 Å². The van der Waals surface area contributed by atoms with Crippen molar-refractivity contribution in [1.29, 1.82) is 0 Å². The van der Waals surface area contributed by atoms with Gasteiger partial charge in [-0.25, -0.2) is 9.69 Å². The number of carbonyl (C=O) groups is 2. The molecule has 4 nitrogen and oxygen atoms in total. The molecule has 0 spiro atoms. The van der Waals surface area contributed by atoms with Gasteiger partial charge in [-0.1, -0.05) is 40.8 Å². The highest BCUT2D eigenvalue weighted by Crippen LogP contribution is 2.12. The Bertz CT molecular complexity index is 408. The Kier molecular flexibility index (Phi) is 6.11. The van der Waals surface area contributed by atoms with E-state index in [4.69, 9.17) is 4.74 Å². The van der Waals surface area contributed by atoms with E-state index in [1.54, 1.807) is 31.2 Å². The second-order valence-electron chi connectivity index (χ2n) is 3.74. The highest BCUT2D eigenvalue weighted by Gasteiger charge is 2.28. The standard InChI is InChI=1S/C13H16INO3/c1-3-18-13(17)15(10(2)9-14)12(16)11-7-5-4-6-8-11/h4-8,10H,3,9H2,1-2H3/t10-/m0/s1. The predicted octanol–water partition coefficient (Wildman–Crippen LogP) is 3.11. The lowest BCUT2D eigenvalue weighted by Gasteiger charge is -2.25. The van der Waals surface area contributed by atoms with E-state index in [-0.39, 0.29) is 18.6 Å². The van der Waals surface area contributed by atoms with Crippen molar-refractivity contribution >= 4 is 34.6 Å². The molecule has 0 N–H and O–H groups in total. The molecule has 0 bridgehead atoms. The van der Waals surface area contributed by atoms with E-state index in [2.05, 4.69) is 22.6 Å². The molecule has 5 heteroatoms. The highest BCUT2D eigenvalue weighted by molar-refractivity contribution is 14.1. The molecule has 0 aliphatic rings. The number of ether oxygens (including phenoxy) is 1. The fraction of sp³-hybridized carbons (Fsp3) is 0.385. The van der Waals surface area contributed by atoms with Crippen molar-refractivity contribution in [1.82, 2.24) is 4.90 Å². The fourth-order valence-corrected chi connectivity index (χ4v) is 1.84. The molecule has 0 saturated carbocycles. The van der Waals surface area contributed by atoms with E-state index >= 15 is 0 Å². The molecule has 1 aromatic rings. The summed E-state index contributed by atoms with van der Waals surface area (Å²) < 4.78 is 5.59. The molecule has 1 aromatic carbocycles. The first kappa shape index (κ1) is 14.9. The van der Waals surface area contributed by atoms with Gasteiger partial charge in [0.05, 0.1) is 6.61 Å². The van der Waals surface area contributed by atoms with Crippen molar-refractivity contribution < 1.29 is 14.3 Å². The van der Waals surface area contributed by atoms with Crippen molar-refractivity contribution in [2.24, 2.45) is 0 Å². The SMILES string of the molecule is CCOC(=O)N(C(=O)c1ccccc1)[C@@H](C)CI. The van der Waals surface area contributed by atoms with Gasteiger partial charge in [-0.15, -0.1) is 0 Å². The van der Waals surface area contributed by atoms with Crippen molar-refractivity contribution in [3.05, 3.63) is 35.9 Å². The Morgan fingerprint density at radius 1 is 1.33 bits per heavy atom. The summed E-state index contributed by atoms with van der Waals surface area (Å²) in [5, 5.41) is 0. The first-order valence-corrected chi connectivity index (χ1v) is 7.25. The fourth-order valence-electron chi connectivity index (χ4n) is 1.44. The lowest BCUT2D eigenvalue weighted by Crippen LogP contribution is -2.44. The summed E-state index contributed by atoms with van der Waals surface area (Å²) in [7, 11) is 0. The summed E-state index contributed by atoms with van der Waals surface area (Å²) in [5.74, 6) is -0.321. The molecule has 1 atom stereocenters. The molecule has 0 fully saturated rings. The van der Waals surface area contributed by atoms with Crippen molar-refractivity contribution in [3.8, 4) is 0 Å². The average Bonchev–Trinajstić information content (AvgIpc) is 2.40. The van der Waals surface area contributed by atoms with Crippen molar-refractivity contribution in [2.75, 3.05) is 11.0 Å². The molecule has 0 saturated heterocycles. The Morgan fingerprint density at radius 2 is 1.94 bits per heavy atom. The van der Waals surface area contributed by atoms with Gasteiger partial charge in [0, 0.05) is 16.0 Å². The van der Waals surface area contributed by atoms with Crippen LogP contribution in [-0.2, 0) is 4.74 Å². The van der Waals surface area contributed by atoms with Gasteiger partial charge in [0.1, 0.15) is 0 Å². The second kappa shape index (κ2) is 7.35. The van der Waals surface area contributed by atoms with E-state index in [9.17, 15) is 9.59 Å². The van der Waals surface area contributed by atoms with Gasteiger partial charge in [-0.3, -0.25) is 4.79 Å². The zero-order chi connectivity index (χ0) is 13.5. The Morgan fingerprint density at radius 3 is 2.44 bits per heavy atom. The molecule has 0 unspecified atom stereocenters. The maximum atomic E-state index is 12.3. The summed E-state index contributed by atoms with van der Waals surface area (Å²) in [6.07, 6.45) is -0.587. The van der Waals surface area contributed by atoms with Gasteiger partial charge < -0.3 is 4.74 Å². The third kappa shape index (κ3) is 3.69. The van der Waals surface area contributed by atoms with Gasteiger partial charge >= 0.3 is 6.09 Å². The smallest absolute Gasteiger partial charge is 0.417 e. The number of hydrogen-bond donors (Lipinski definition) is 0. The molecule has 1 rings (SSSR count). The summed E-state index contributed by atoms with van der Waals surface area (Å²) >= 11 is 2.14. The number of carbonyl (C=O) groups excluding carboxylic acids is 2. The number of hydrogen-bond acceptors (Lipinski definition) is 3. The molecule has 2 amide bonds. The topological polar surface area (TPSA) is 46.6 Å². The van der Waals surface area contributed by atoms with Crippen LogP contribution < -0.4 is 0 Å². The number of halogens is 1. The molecule has 0 aliphatic heterocycles. The van der Waals surface area contributed by atoms with E-state index in [1.807, 2.05) is 13.0 Å². The second-order valence-corrected chi connectivity index (χ2v) is 4.62. The number of imide groups is 1. The van der Waals surface area contributed by atoms with Crippen LogP contribution in [-0.4, -0.2) is 34.0 Å². The lowest BCUT2D eigenvalue weighted by molar-refractivity contribution is 0.0621. The normalized spacial score (nSPS) is 11.7. The highest BCUT2D eigenvalue weighted by atomic mass is 127. The molecule has 0 aliphatic carbocycles. The molecular weight excluding hydrogens is 345 g/mol. The first-order chi connectivity index (χ1) is 8.61. The van der Waals surface area contributed by atoms with Crippen LogP contribution in [0.2, 0.25) is 0 Å². The van der Waals surface area contributed by atoms with Crippen LogP contribution in [0.15, 0.2) is 30.3 Å². The van der Waals surface area contributed by atoms with E-state index in [1.165, 1.54) is 4.90 Å². The minimum Gasteiger partial charge on any atom is -0.449 e. The van der Waals surface area contributed by atoms with Crippen LogP contribution in [0.25, 0.3) is 0 Å². The number of rotatable bonds is 4. The number of nitrogens with zero attached hydrogens (tertiary/aromatic N) is 1. The Balaban J connectivity index is 2.96. The van der Waals surface area contributed by atoms with E-state index < -0.39 is 6.09 Å². The zero-order valence-electron chi connectivity index (χ0n) is 10.4. The monoisotopic (exact) mass is 361 g/mol. The summed E-state index contributed by atoms with van der Waals surface area (Å²) in [6, 6.07) is 8.55. The van der Waals surface area contributed by atoms with Crippen LogP contribution in [0.3, 0.4) is 0 Å². The van der Waals surface area contributed by atoms with Crippen LogP contribution in [0.4, 0.5) is 4.79 Å². The maximum Gasteiger partial charge on any atom is 0.417 e. The average molecular weight is 361 g/mol. The molecule has 0 aromatic heterocycles. The third-order valence-corrected chi connectivity index (χ3v) is 3.64. The number of amides is 2. The van der Waals surface area contributed by atoms with Crippen molar-refractivity contribution in [3.63, 3.8) is 0 Å². The third-order valence-electron chi connectivity index (χ3n) is 2.37. The first-order valence-electron chi connectivity index (χ1n) is 5.73. The van der Waals surface area contributed by atoms with Gasteiger partial charge in [0.15, 0.2) is 0 Å². The van der Waals surface area contributed by atoms with Crippen molar-refractivity contribution in [2.45, 2.75) is 19.9 Å². The van der Waals surface area contributed by atoms with Crippen LogP contribution in [0.5, 0.6) is 0 Å². The quantitative estimate of drug-likeness (QED) is 0.612. The molecule has 98 valence electrons. The number of alkyl halides is 1. The van der Waals surface area contributed by atoms with Gasteiger partial charge in [0.2, 0.25) is 0 Å².